The summed E-state index contributed by atoms with van der Waals surface area (Å²) in [5.74, 6) is 0.0397. The molecule has 26 heavy (non-hydrogen) atoms. The lowest BCUT2D eigenvalue weighted by molar-refractivity contribution is -0.0791. The van der Waals surface area contributed by atoms with E-state index in [1.54, 1.807) is 6.20 Å². The molecule has 0 saturated carbocycles. The number of carbonyl (C=O) groups excluding carboxylic acids is 1. The zero-order valence-corrected chi connectivity index (χ0v) is 14.6. The van der Waals surface area contributed by atoms with Crippen LogP contribution in [-0.2, 0) is 10.3 Å². The van der Waals surface area contributed by atoms with Crippen molar-refractivity contribution in [2.24, 2.45) is 0 Å². The average molecular weight is 350 g/mol. The largest absolute Gasteiger partial charge is 0.368 e. The molecule has 2 aliphatic rings. The zero-order valence-electron chi connectivity index (χ0n) is 14.6. The van der Waals surface area contributed by atoms with Gasteiger partial charge >= 0.3 is 0 Å². The summed E-state index contributed by atoms with van der Waals surface area (Å²) < 4.78 is 6.36. The van der Waals surface area contributed by atoms with Crippen molar-refractivity contribution in [2.45, 2.75) is 18.4 Å². The van der Waals surface area contributed by atoms with Gasteiger partial charge in [0.25, 0.3) is 5.91 Å². The number of piperidine rings is 1. The van der Waals surface area contributed by atoms with Crippen LogP contribution in [0.2, 0.25) is 0 Å². The summed E-state index contributed by atoms with van der Waals surface area (Å²) in [5, 5.41) is 9.14. The summed E-state index contributed by atoms with van der Waals surface area (Å²) in [6.07, 6.45) is 3.29. The molecule has 0 radical (unpaired) electrons. The number of aromatic nitrogens is 1. The Morgan fingerprint density at radius 2 is 2.00 bits per heavy atom. The van der Waals surface area contributed by atoms with Gasteiger partial charge in [-0.2, -0.15) is 5.26 Å². The number of hydrogen-bond donors (Lipinski definition) is 1. The second-order valence-electron chi connectivity index (χ2n) is 6.82. The van der Waals surface area contributed by atoms with Crippen LogP contribution < -0.4 is 4.90 Å². The maximum absolute atomic E-state index is 12.6. The lowest BCUT2D eigenvalue weighted by Gasteiger charge is -2.41. The topological polar surface area (TPSA) is 72.4 Å². The molecule has 1 amide bonds. The highest BCUT2D eigenvalue weighted by molar-refractivity contribution is 5.92. The number of aromatic amines is 1. The van der Waals surface area contributed by atoms with E-state index >= 15 is 0 Å². The van der Waals surface area contributed by atoms with Gasteiger partial charge in [0.2, 0.25) is 0 Å². The summed E-state index contributed by atoms with van der Waals surface area (Å²) in [5.41, 5.74) is 2.46. The van der Waals surface area contributed by atoms with Crippen molar-refractivity contribution >= 4 is 11.6 Å². The molecule has 3 heterocycles. The van der Waals surface area contributed by atoms with Crippen molar-refractivity contribution < 1.29 is 9.53 Å². The van der Waals surface area contributed by atoms with Gasteiger partial charge in [0, 0.05) is 37.1 Å². The number of amides is 1. The van der Waals surface area contributed by atoms with Gasteiger partial charge in [0.1, 0.15) is 12.2 Å². The van der Waals surface area contributed by atoms with Crippen LogP contribution in [0.5, 0.6) is 0 Å². The number of nitrogens with zero attached hydrogens (tertiary/aromatic N) is 3. The Morgan fingerprint density at radius 1 is 1.19 bits per heavy atom. The third kappa shape index (κ3) is 2.85. The number of likely N-dealkylation sites (tertiary alicyclic amines) is 1. The van der Waals surface area contributed by atoms with Crippen molar-refractivity contribution in [3.05, 3.63) is 53.9 Å². The number of anilines is 1. The van der Waals surface area contributed by atoms with Gasteiger partial charge in [0.15, 0.2) is 0 Å². The molecule has 1 saturated heterocycles. The molecular formula is C20H22N4O2. The Kier molecular flexibility index (Phi) is 4.39. The van der Waals surface area contributed by atoms with Crippen LogP contribution >= 0.6 is 0 Å². The summed E-state index contributed by atoms with van der Waals surface area (Å²) in [7, 11) is 0. The van der Waals surface area contributed by atoms with Gasteiger partial charge in [-0.1, -0.05) is 18.2 Å². The molecule has 1 N–H and O–H groups in total. The van der Waals surface area contributed by atoms with Gasteiger partial charge in [-0.3, -0.25) is 4.79 Å². The molecule has 1 spiro atoms. The Hall–Kier alpha value is -2.78. The zero-order chi connectivity index (χ0) is 18.0. The van der Waals surface area contributed by atoms with E-state index in [2.05, 4.69) is 28.1 Å². The number of para-hydroxylation sites is 1. The molecule has 1 aromatic carbocycles. The van der Waals surface area contributed by atoms with E-state index in [9.17, 15) is 4.79 Å². The molecule has 1 fully saturated rings. The Morgan fingerprint density at radius 3 is 2.73 bits per heavy atom. The number of nitrogens with one attached hydrogen (secondary N) is 1. The number of rotatable bonds is 2. The van der Waals surface area contributed by atoms with Crippen molar-refractivity contribution in [3.63, 3.8) is 0 Å². The molecule has 0 atom stereocenters. The van der Waals surface area contributed by atoms with E-state index in [0.29, 0.717) is 38.5 Å². The molecule has 1 aromatic heterocycles. The normalized spacial score (nSPS) is 18.9. The van der Waals surface area contributed by atoms with Crippen molar-refractivity contribution in [2.75, 3.05) is 37.7 Å². The van der Waals surface area contributed by atoms with Crippen LogP contribution in [0.15, 0.2) is 42.6 Å². The fraction of sp³-hybridized carbons (Fsp3) is 0.400. The van der Waals surface area contributed by atoms with Crippen LogP contribution in [0, 0.1) is 11.3 Å². The monoisotopic (exact) mass is 350 g/mol. The SMILES string of the molecule is N#CCN1CCOC2(CCN(C(=O)c3ccc[nH]3)CC2)c2ccccc21. The van der Waals surface area contributed by atoms with Gasteiger partial charge in [-0.15, -0.1) is 0 Å². The molecule has 2 aliphatic heterocycles. The van der Waals surface area contributed by atoms with Crippen LogP contribution in [0.25, 0.3) is 0 Å². The minimum Gasteiger partial charge on any atom is -0.368 e. The first kappa shape index (κ1) is 16.7. The second kappa shape index (κ2) is 6.85. The van der Waals surface area contributed by atoms with Gasteiger partial charge < -0.3 is 19.5 Å². The van der Waals surface area contributed by atoms with Gasteiger partial charge in [0.05, 0.1) is 18.3 Å². The highest BCUT2D eigenvalue weighted by Gasteiger charge is 2.42. The van der Waals surface area contributed by atoms with Crippen LogP contribution in [0.1, 0.15) is 28.9 Å². The van der Waals surface area contributed by atoms with E-state index < -0.39 is 0 Å². The molecule has 4 rings (SSSR count). The lowest BCUT2D eigenvalue weighted by Crippen LogP contribution is -2.46. The fourth-order valence-corrected chi connectivity index (χ4v) is 4.05. The van der Waals surface area contributed by atoms with E-state index in [4.69, 9.17) is 10.00 Å². The third-order valence-electron chi connectivity index (χ3n) is 5.42. The van der Waals surface area contributed by atoms with E-state index in [-0.39, 0.29) is 11.5 Å². The summed E-state index contributed by atoms with van der Waals surface area (Å²) in [6, 6.07) is 14.1. The van der Waals surface area contributed by atoms with E-state index in [1.165, 1.54) is 0 Å². The number of ether oxygens (including phenoxy) is 1. The van der Waals surface area contributed by atoms with Crippen LogP contribution in [-0.4, -0.2) is 48.6 Å². The van der Waals surface area contributed by atoms with Crippen LogP contribution in [0.4, 0.5) is 5.69 Å². The maximum atomic E-state index is 12.6. The molecule has 0 unspecified atom stereocenters. The van der Waals surface area contributed by atoms with E-state index in [1.807, 2.05) is 29.2 Å². The predicted molar refractivity (Wildman–Crippen MR) is 97.8 cm³/mol. The predicted octanol–water partition coefficient (Wildman–Crippen LogP) is 2.51. The maximum Gasteiger partial charge on any atom is 0.270 e. The standard InChI is InChI=1S/C20H22N4O2/c21-9-13-23-14-15-26-20(16-4-1-2-6-18(16)23)7-11-24(12-8-20)19(25)17-5-3-10-22-17/h1-6,10,22H,7-8,11-15H2. The number of fused-ring (bicyclic) bond motifs is 2. The first-order valence-corrected chi connectivity index (χ1v) is 9.01. The van der Waals surface area contributed by atoms with E-state index in [0.717, 1.165) is 24.1 Å². The number of carbonyl (C=O) groups is 1. The molecule has 0 aliphatic carbocycles. The third-order valence-corrected chi connectivity index (χ3v) is 5.42. The van der Waals surface area contributed by atoms with Gasteiger partial charge in [-0.25, -0.2) is 0 Å². The number of nitriles is 1. The Balaban J connectivity index is 1.58. The Bertz CT molecular complexity index is 817. The Labute approximate surface area is 153 Å². The first-order chi connectivity index (χ1) is 12.7. The number of hydrogen-bond acceptors (Lipinski definition) is 4. The van der Waals surface area contributed by atoms with Crippen LogP contribution in [0.3, 0.4) is 0 Å². The fourth-order valence-electron chi connectivity index (χ4n) is 4.05. The average Bonchev–Trinajstić information content (AvgIpc) is 3.18. The molecular weight excluding hydrogens is 328 g/mol. The molecule has 2 aromatic rings. The van der Waals surface area contributed by atoms with Gasteiger partial charge in [-0.05, 0) is 31.0 Å². The molecule has 134 valence electrons. The summed E-state index contributed by atoms with van der Waals surface area (Å²) in [6.45, 7) is 2.96. The van der Waals surface area contributed by atoms with Crippen molar-refractivity contribution in [3.8, 4) is 6.07 Å². The lowest BCUT2D eigenvalue weighted by atomic mass is 9.83. The summed E-state index contributed by atoms with van der Waals surface area (Å²) in [4.78, 5) is 19.6. The van der Waals surface area contributed by atoms with Crippen molar-refractivity contribution in [1.82, 2.24) is 9.88 Å². The molecule has 0 bridgehead atoms. The summed E-state index contributed by atoms with van der Waals surface area (Å²) >= 11 is 0. The van der Waals surface area contributed by atoms with Crippen molar-refractivity contribution in [1.29, 1.82) is 5.26 Å². The highest BCUT2D eigenvalue weighted by Crippen LogP contribution is 2.43. The number of H-pyrrole nitrogens is 1. The highest BCUT2D eigenvalue weighted by atomic mass is 16.5. The minimum absolute atomic E-state index is 0.0397. The number of benzene rings is 1. The molecule has 6 nitrogen and oxygen atoms in total. The molecule has 6 heteroatoms. The minimum atomic E-state index is -0.382. The first-order valence-electron chi connectivity index (χ1n) is 9.01. The quantitative estimate of drug-likeness (QED) is 0.845. The second-order valence-corrected chi connectivity index (χ2v) is 6.82. The smallest absolute Gasteiger partial charge is 0.270 e.